The van der Waals surface area contributed by atoms with E-state index in [1.54, 1.807) is 23.1 Å². The molecule has 0 atom stereocenters. The molecule has 0 bridgehead atoms. The Bertz CT molecular complexity index is 1230. The second-order valence-corrected chi connectivity index (χ2v) is 9.98. The molecule has 3 aromatic rings. The van der Waals surface area contributed by atoms with Crippen LogP contribution in [0, 0.1) is 20.8 Å². The van der Waals surface area contributed by atoms with Crippen LogP contribution in [0.2, 0.25) is 0 Å². The van der Waals surface area contributed by atoms with Crippen LogP contribution in [0.4, 0.5) is 5.69 Å². The number of sulfonamides is 1. The van der Waals surface area contributed by atoms with Gasteiger partial charge in [-0.25, -0.2) is 13.4 Å². The highest BCUT2D eigenvalue weighted by molar-refractivity contribution is 7.92. The number of hydrogen-bond donors (Lipinski definition) is 2. The van der Waals surface area contributed by atoms with Crippen LogP contribution < -0.4 is 4.72 Å². The molecule has 0 aliphatic carbocycles. The maximum Gasteiger partial charge on any atom is 0.261 e. The first-order valence-corrected chi connectivity index (χ1v) is 12.1. The summed E-state index contributed by atoms with van der Waals surface area (Å²) in [5.41, 5.74) is 2.67. The van der Waals surface area contributed by atoms with Crippen LogP contribution in [0.3, 0.4) is 0 Å². The van der Waals surface area contributed by atoms with Crippen LogP contribution in [-0.4, -0.2) is 47.5 Å². The fourth-order valence-corrected chi connectivity index (χ4v) is 4.97. The number of anilines is 1. The van der Waals surface area contributed by atoms with Crippen molar-refractivity contribution in [2.75, 3.05) is 17.8 Å². The molecule has 8 nitrogen and oxygen atoms in total. The quantitative estimate of drug-likeness (QED) is 0.614. The van der Waals surface area contributed by atoms with E-state index in [1.165, 1.54) is 12.1 Å². The third kappa shape index (κ3) is 4.67. The average molecular weight is 454 g/mol. The number of H-pyrrole nitrogens is 1. The van der Waals surface area contributed by atoms with Gasteiger partial charge in [0.05, 0.1) is 4.90 Å². The molecular formula is C23H27N5O3S. The number of benzene rings is 2. The average Bonchev–Trinajstić information content (AvgIpc) is 3.21. The van der Waals surface area contributed by atoms with E-state index in [0.717, 1.165) is 35.6 Å². The molecule has 168 valence electrons. The summed E-state index contributed by atoms with van der Waals surface area (Å²) in [6.45, 7) is 6.78. The van der Waals surface area contributed by atoms with E-state index >= 15 is 0 Å². The molecule has 2 aromatic carbocycles. The first-order valence-electron chi connectivity index (χ1n) is 10.6. The molecule has 0 saturated carbocycles. The molecule has 32 heavy (non-hydrogen) atoms. The van der Waals surface area contributed by atoms with Gasteiger partial charge in [0.1, 0.15) is 5.82 Å². The van der Waals surface area contributed by atoms with Gasteiger partial charge < -0.3 is 4.90 Å². The second-order valence-electron chi connectivity index (χ2n) is 8.29. The minimum atomic E-state index is -3.81. The van der Waals surface area contributed by atoms with E-state index in [4.69, 9.17) is 0 Å². The summed E-state index contributed by atoms with van der Waals surface area (Å²) >= 11 is 0. The third-order valence-corrected chi connectivity index (χ3v) is 7.19. The van der Waals surface area contributed by atoms with Gasteiger partial charge in [-0.1, -0.05) is 23.8 Å². The standard InChI is InChI=1S/C23H27N5O3S/c1-15-4-7-19(8-5-15)27-32(30,31)20-9-6-16(2)21(14-20)23(29)28-12-10-18(11-13-28)22-24-17(3)25-26-22/h4-9,14,18,27H,10-13H2,1-3H3,(H,24,25,26). The van der Waals surface area contributed by atoms with Crippen molar-refractivity contribution in [2.24, 2.45) is 0 Å². The zero-order valence-corrected chi connectivity index (χ0v) is 19.2. The zero-order chi connectivity index (χ0) is 22.9. The number of carbonyl (C=O) groups excluding carboxylic acids is 1. The molecule has 1 aliphatic rings. The minimum Gasteiger partial charge on any atom is -0.339 e. The fourth-order valence-electron chi connectivity index (χ4n) is 3.89. The third-order valence-electron chi connectivity index (χ3n) is 5.82. The normalized spacial score (nSPS) is 15.0. The van der Waals surface area contributed by atoms with E-state index in [0.29, 0.717) is 24.3 Å². The topological polar surface area (TPSA) is 108 Å². The van der Waals surface area contributed by atoms with Crippen molar-refractivity contribution >= 4 is 21.6 Å². The highest BCUT2D eigenvalue weighted by Crippen LogP contribution is 2.27. The number of rotatable bonds is 5. The molecule has 0 spiro atoms. The van der Waals surface area contributed by atoms with Crippen LogP contribution in [0.5, 0.6) is 0 Å². The van der Waals surface area contributed by atoms with Gasteiger partial charge in [-0.2, -0.15) is 5.10 Å². The molecular weight excluding hydrogens is 426 g/mol. The Labute approximate surface area is 188 Å². The SMILES string of the molecule is Cc1ccc(NS(=O)(=O)c2ccc(C)c(C(=O)N3CCC(c4n[nH]c(C)n4)CC3)c2)cc1. The van der Waals surface area contributed by atoms with Crippen molar-refractivity contribution in [1.29, 1.82) is 0 Å². The highest BCUT2D eigenvalue weighted by Gasteiger charge is 2.28. The first kappa shape index (κ1) is 22.0. The highest BCUT2D eigenvalue weighted by atomic mass is 32.2. The van der Waals surface area contributed by atoms with E-state index in [2.05, 4.69) is 19.9 Å². The van der Waals surface area contributed by atoms with E-state index < -0.39 is 10.0 Å². The Morgan fingerprint density at radius 2 is 1.75 bits per heavy atom. The Balaban J connectivity index is 1.49. The van der Waals surface area contributed by atoms with Crippen LogP contribution in [0.1, 0.15) is 51.9 Å². The maximum absolute atomic E-state index is 13.2. The van der Waals surface area contributed by atoms with Gasteiger partial charge in [0.2, 0.25) is 0 Å². The molecule has 1 fully saturated rings. The molecule has 0 unspecified atom stereocenters. The first-order chi connectivity index (χ1) is 15.2. The number of aromatic nitrogens is 3. The van der Waals surface area contributed by atoms with Crippen molar-refractivity contribution in [3.63, 3.8) is 0 Å². The predicted molar refractivity (Wildman–Crippen MR) is 122 cm³/mol. The zero-order valence-electron chi connectivity index (χ0n) is 18.4. The summed E-state index contributed by atoms with van der Waals surface area (Å²) in [5.74, 6) is 1.64. The van der Waals surface area contributed by atoms with Gasteiger partial charge in [-0.3, -0.25) is 14.6 Å². The van der Waals surface area contributed by atoms with E-state index in [1.807, 2.05) is 32.9 Å². The van der Waals surface area contributed by atoms with E-state index in [9.17, 15) is 13.2 Å². The molecule has 1 amide bonds. The van der Waals surface area contributed by atoms with Gasteiger partial charge in [0, 0.05) is 30.3 Å². The number of aromatic amines is 1. The Morgan fingerprint density at radius 1 is 1.06 bits per heavy atom. The Morgan fingerprint density at radius 3 is 2.38 bits per heavy atom. The maximum atomic E-state index is 13.2. The lowest BCUT2D eigenvalue weighted by Gasteiger charge is -2.31. The lowest BCUT2D eigenvalue weighted by Crippen LogP contribution is -2.38. The summed E-state index contributed by atoms with van der Waals surface area (Å²) in [7, 11) is -3.81. The number of aryl methyl sites for hydroxylation is 3. The van der Waals surface area contributed by atoms with Crippen LogP contribution in [-0.2, 0) is 10.0 Å². The molecule has 2 heterocycles. The summed E-state index contributed by atoms with van der Waals surface area (Å²) < 4.78 is 28.4. The monoisotopic (exact) mass is 453 g/mol. The van der Waals surface area contributed by atoms with Crippen molar-refractivity contribution in [2.45, 2.75) is 44.4 Å². The lowest BCUT2D eigenvalue weighted by atomic mass is 9.95. The molecule has 1 saturated heterocycles. The summed E-state index contributed by atoms with van der Waals surface area (Å²) in [5, 5.41) is 7.12. The lowest BCUT2D eigenvalue weighted by molar-refractivity contribution is 0.0710. The number of amides is 1. The van der Waals surface area contributed by atoms with Crippen molar-refractivity contribution in [3.05, 3.63) is 70.8 Å². The molecule has 1 aromatic heterocycles. The smallest absolute Gasteiger partial charge is 0.261 e. The number of hydrogen-bond acceptors (Lipinski definition) is 5. The minimum absolute atomic E-state index is 0.0677. The van der Waals surface area contributed by atoms with Gasteiger partial charge in [-0.15, -0.1) is 0 Å². The number of carbonyl (C=O) groups is 1. The second kappa shape index (κ2) is 8.74. The summed E-state index contributed by atoms with van der Waals surface area (Å²) in [6, 6.07) is 11.8. The van der Waals surface area contributed by atoms with Crippen molar-refractivity contribution in [3.8, 4) is 0 Å². The van der Waals surface area contributed by atoms with Gasteiger partial charge >= 0.3 is 0 Å². The number of piperidine rings is 1. The van der Waals surface area contributed by atoms with Gasteiger partial charge in [0.15, 0.2) is 5.82 Å². The van der Waals surface area contributed by atoms with Gasteiger partial charge in [0.25, 0.3) is 15.9 Å². The molecule has 9 heteroatoms. The predicted octanol–water partition coefficient (Wildman–Crippen LogP) is 3.55. The molecule has 4 rings (SSSR count). The Kier molecular flexibility index (Phi) is 6.01. The largest absolute Gasteiger partial charge is 0.339 e. The summed E-state index contributed by atoms with van der Waals surface area (Å²) in [4.78, 5) is 19.5. The molecule has 2 N–H and O–H groups in total. The number of nitrogens with one attached hydrogen (secondary N) is 2. The molecule has 0 radical (unpaired) electrons. The van der Waals surface area contributed by atoms with Crippen LogP contribution in [0.15, 0.2) is 47.4 Å². The summed E-state index contributed by atoms with van der Waals surface area (Å²) in [6.07, 6.45) is 1.55. The fraction of sp³-hybridized carbons (Fsp3) is 0.348. The van der Waals surface area contributed by atoms with E-state index in [-0.39, 0.29) is 16.7 Å². The molecule has 1 aliphatic heterocycles. The number of nitrogens with zero attached hydrogens (tertiary/aromatic N) is 3. The number of likely N-dealkylation sites (tertiary alicyclic amines) is 1. The van der Waals surface area contributed by atoms with Crippen LogP contribution >= 0.6 is 0 Å². The Hall–Kier alpha value is -3.20. The van der Waals surface area contributed by atoms with Crippen molar-refractivity contribution in [1.82, 2.24) is 20.1 Å². The van der Waals surface area contributed by atoms with Crippen molar-refractivity contribution < 1.29 is 13.2 Å². The van der Waals surface area contributed by atoms with Gasteiger partial charge in [-0.05, 0) is 63.4 Å². The van der Waals surface area contributed by atoms with Crippen LogP contribution in [0.25, 0.3) is 0 Å².